The molecule has 27 heavy (non-hydrogen) atoms. The Balaban J connectivity index is 1.87. The van der Waals surface area contributed by atoms with Crippen LogP contribution in [-0.4, -0.2) is 41.1 Å². The van der Waals surface area contributed by atoms with E-state index in [4.69, 9.17) is 0 Å². The topological polar surface area (TPSA) is 59.9 Å². The predicted molar refractivity (Wildman–Crippen MR) is 111 cm³/mol. The Kier molecular flexibility index (Phi) is 6.34. The highest BCUT2D eigenvalue weighted by molar-refractivity contribution is 9.10. The second kappa shape index (κ2) is 8.71. The number of aromatic hydroxyl groups is 1. The van der Waals surface area contributed by atoms with Crippen molar-refractivity contribution in [1.82, 2.24) is 10.2 Å². The monoisotopic (exact) mass is 434 g/mol. The summed E-state index contributed by atoms with van der Waals surface area (Å²) in [5.74, 6) is 0.570. The summed E-state index contributed by atoms with van der Waals surface area (Å²) in [4.78, 5) is 6.83. The van der Waals surface area contributed by atoms with Crippen molar-refractivity contribution in [3.8, 4) is 5.75 Å². The number of benzene rings is 2. The van der Waals surface area contributed by atoms with Crippen LogP contribution < -0.4 is 10.6 Å². The number of phenols is 1. The lowest BCUT2D eigenvalue weighted by molar-refractivity contribution is 0.254. The fraction of sp³-hybridized carbons (Fsp3) is 0.350. The molecule has 0 spiro atoms. The Labute approximate surface area is 167 Å². The van der Waals surface area contributed by atoms with Gasteiger partial charge in [-0.15, -0.1) is 0 Å². The molecule has 1 fully saturated rings. The van der Waals surface area contributed by atoms with Crippen LogP contribution in [0.25, 0.3) is 0 Å². The van der Waals surface area contributed by atoms with Crippen LogP contribution in [0.3, 0.4) is 0 Å². The minimum Gasteiger partial charge on any atom is -0.508 e. The minimum atomic E-state index is -0.277. The van der Waals surface area contributed by atoms with Gasteiger partial charge in [-0.3, -0.25) is 0 Å². The summed E-state index contributed by atoms with van der Waals surface area (Å²) in [5, 5.41) is 16.5. The molecule has 3 rings (SSSR count). The smallest absolute Gasteiger partial charge is 0.198 e. The van der Waals surface area contributed by atoms with Gasteiger partial charge in [-0.05, 0) is 44.2 Å². The van der Waals surface area contributed by atoms with Crippen molar-refractivity contribution < 1.29 is 9.50 Å². The Hall–Kier alpha value is -2.12. The summed E-state index contributed by atoms with van der Waals surface area (Å²) in [7, 11) is 0. The van der Waals surface area contributed by atoms with Gasteiger partial charge in [0.05, 0.1) is 6.54 Å². The Morgan fingerprint density at radius 2 is 2.00 bits per heavy atom. The molecule has 2 aromatic rings. The van der Waals surface area contributed by atoms with Gasteiger partial charge in [0.25, 0.3) is 0 Å². The second-order valence-corrected chi connectivity index (χ2v) is 7.84. The molecule has 2 atom stereocenters. The third-order valence-corrected chi connectivity index (χ3v) is 4.86. The number of nitrogens with zero attached hydrogens (tertiary/aromatic N) is 2. The number of guanidine groups is 1. The number of aliphatic imine (C=N–C) groups is 1. The van der Waals surface area contributed by atoms with E-state index < -0.39 is 0 Å². The Morgan fingerprint density at radius 1 is 1.26 bits per heavy atom. The quantitative estimate of drug-likeness (QED) is 0.505. The Morgan fingerprint density at radius 3 is 2.70 bits per heavy atom. The van der Waals surface area contributed by atoms with Gasteiger partial charge in [-0.1, -0.05) is 22.0 Å². The summed E-state index contributed by atoms with van der Waals surface area (Å²) in [6.07, 6.45) is 0. The van der Waals surface area contributed by atoms with Crippen LogP contribution in [0.1, 0.15) is 19.4 Å². The first-order valence-corrected chi connectivity index (χ1v) is 9.75. The highest BCUT2D eigenvalue weighted by atomic mass is 79.9. The zero-order valence-electron chi connectivity index (χ0n) is 15.4. The fourth-order valence-electron chi connectivity index (χ4n) is 3.26. The van der Waals surface area contributed by atoms with E-state index >= 15 is 0 Å². The highest BCUT2D eigenvalue weighted by Crippen LogP contribution is 2.19. The van der Waals surface area contributed by atoms with E-state index in [1.807, 2.05) is 6.07 Å². The van der Waals surface area contributed by atoms with E-state index in [-0.39, 0.29) is 18.1 Å². The minimum absolute atomic E-state index is 0.180. The number of rotatable bonds is 3. The zero-order valence-corrected chi connectivity index (χ0v) is 17.0. The number of hydrogen-bond acceptors (Lipinski definition) is 3. The highest BCUT2D eigenvalue weighted by Gasteiger charge is 2.23. The maximum Gasteiger partial charge on any atom is 0.198 e. The van der Waals surface area contributed by atoms with Crippen LogP contribution in [-0.2, 0) is 6.54 Å². The van der Waals surface area contributed by atoms with Gasteiger partial charge >= 0.3 is 0 Å². The van der Waals surface area contributed by atoms with Gasteiger partial charge in [-0.2, -0.15) is 0 Å². The van der Waals surface area contributed by atoms with Crippen LogP contribution in [0.15, 0.2) is 51.9 Å². The zero-order chi connectivity index (χ0) is 19.4. The average Bonchev–Trinajstić information content (AvgIpc) is 2.60. The van der Waals surface area contributed by atoms with Crippen LogP contribution in [0.5, 0.6) is 5.75 Å². The van der Waals surface area contributed by atoms with Crippen molar-refractivity contribution >= 4 is 27.6 Å². The van der Waals surface area contributed by atoms with Crippen LogP contribution in [0.4, 0.5) is 10.1 Å². The molecule has 0 aliphatic carbocycles. The number of nitrogens with one attached hydrogen (secondary N) is 2. The van der Waals surface area contributed by atoms with Gasteiger partial charge in [0.15, 0.2) is 5.96 Å². The first-order chi connectivity index (χ1) is 12.9. The molecule has 1 aliphatic rings. The molecule has 0 saturated carbocycles. The number of anilines is 1. The van der Waals surface area contributed by atoms with E-state index in [1.165, 1.54) is 6.07 Å². The molecule has 1 saturated heterocycles. The van der Waals surface area contributed by atoms with Gasteiger partial charge < -0.3 is 20.6 Å². The van der Waals surface area contributed by atoms with Crippen molar-refractivity contribution in [3.05, 3.63) is 58.3 Å². The molecule has 5 nitrogen and oxygen atoms in total. The van der Waals surface area contributed by atoms with E-state index in [2.05, 4.69) is 50.3 Å². The third-order valence-electron chi connectivity index (χ3n) is 4.37. The van der Waals surface area contributed by atoms with E-state index in [9.17, 15) is 9.50 Å². The predicted octanol–water partition coefficient (Wildman–Crippen LogP) is 3.94. The average molecular weight is 435 g/mol. The van der Waals surface area contributed by atoms with Crippen molar-refractivity contribution in [1.29, 1.82) is 0 Å². The van der Waals surface area contributed by atoms with E-state index in [0.29, 0.717) is 23.6 Å². The first-order valence-electron chi connectivity index (χ1n) is 8.96. The van der Waals surface area contributed by atoms with Gasteiger partial charge in [-0.25, -0.2) is 9.38 Å². The lowest BCUT2D eigenvalue weighted by atomic mass is 10.1. The number of hydrogen-bond donors (Lipinski definition) is 3. The molecular formula is C20H24BrFN4O. The second-order valence-electron chi connectivity index (χ2n) is 6.92. The summed E-state index contributed by atoms with van der Waals surface area (Å²) in [6.45, 7) is 6.05. The molecule has 2 unspecified atom stereocenters. The molecule has 0 radical (unpaired) electrons. The van der Waals surface area contributed by atoms with Gasteiger partial charge in [0, 0.05) is 47.0 Å². The molecule has 144 valence electrons. The van der Waals surface area contributed by atoms with E-state index in [1.54, 1.807) is 30.3 Å². The first kappa shape index (κ1) is 19.6. The van der Waals surface area contributed by atoms with Crippen LogP contribution in [0.2, 0.25) is 0 Å². The summed E-state index contributed by atoms with van der Waals surface area (Å²) in [6, 6.07) is 12.4. The normalized spacial score (nSPS) is 20.6. The van der Waals surface area contributed by atoms with E-state index in [0.717, 1.165) is 23.2 Å². The molecule has 1 heterocycles. The maximum atomic E-state index is 14.1. The number of piperazine rings is 1. The lowest BCUT2D eigenvalue weighted by Crippen LogP contribution is -2.57. The molecule has 0 amide bonds. The Bertz CT molecular complexity index is 819. The SMILES string of the molecule is CC1CN(C(=NCc2cc(Br)ccc2F)Nc2cccc(O)c2)CC(C)N1. The van der Waals surface area contributed by atoms with Gasteiger partial charge in [0.1, 0.15) is 11.6 Å². The maximum absolute atomic E-state index is 14.1. The van der Waals surface area contributed by atoms with Crippen molar-refractivity contribution in [3.63, 3.8) is 0 Å². The summed E-state index contributed by atoms with van der Waals surface area (Å²) < 4.78 is 14.9. The summed E-state index contributed by atoms with van der Waals surface area (Å²) >= 11 is 3.38. The van der Waals surface area contributed by atoms with Gasteiger partial charge in [0.2, 0.25) is 0 Å². The van der Waals surface area contributed by atoms with Crippen molar-refractivity contribution in [2.45, 2.75) is 32.5 Å². The van der Waals surface area contributed by atoms with Crippen molar-refractivity contribution in [2.75, 3.05) is 18.4 Å². The standard InChI is InChI=1S/C20H24BrFN4O/c1-13-11-26(12-14(2)24-13)20(25-17-4-3-5-18(27)9-17)23-10-15-8-16(21)6-7-19(15)22/h3-9,13-14,24,27H,10-12H2,1-2H3,(H,23,25). The molecule has 0 aromatic heterocycles. The van der Waals surface area contributed by atoms with Crippen molar-refractivity contribution in [2.24, 2.45) is 4.99 Å². The number of phenolic OH excluding ortho intramolecular Hbond substituents is 1. The third kappa shape index (κ3) is 5.43. The molecule has 2 aromatic carbocycles. The summed E-state index contributed by atoms with van der Waals surface area (Å²) in [5.41, 5.74) is 1.26. The molecule has 1 aliphatic heterocycles. The lowest BCUT2D eigenvalue weighted by Gasteiger charge is -2.38. The van der Waals surface area contributed by atoms with Crippen LogP contribution in [0, 0.1) is 5.82 Å². The fourth-order valence-corrected chi connectivity index (χ4v) is 3.66. The molecule has 0 bridgehead atoms. The number of halogens is 2. The molecule has 7 heteroatoms. The van der Waals surface area contributed by atoms with Crippen LogP contribution >= 0.6 is 15.9 Å². The molecular weight excluding hydrogens is 411 g/mol. The molecule has 3 N–H and O–H groups in total. The largest absolute Gasteiger partial charge is 0.508 e.